The first kappa shape index (κ1) is 15.6. The number of fused-ring (bicyclic) bond motifs is 1. The van der Waals surface area contributed by atoms with E-state index < -0.39 is 0 Å². The van der Waals surface area contributed by atoms with Gasteiger partial charge in [-0.15, -0.1) is 0 Å². The van der Waals surface area contributed by atoms with E-state index >= 15 is 0 Å². The predicted molar refractivity (Wildman–Crippen MR) is 78.1 cm³/mol. The molecule has 5 nitrogen and oxygen atoms in total. The van der Waals surface area contributed by atoms with Crippen LogP contribution >= 0.6 is 0 Å². The Kier molecular flexibility index (Phi) is 4.12. The molecule has 1 heterocycles. The Bertz CT molecular complexity index is 571. The Balaban J connectivity index is 2.46. The monoisotopic (exact) mass is 293 g/mol. The fraction of sp³-hybridized carbons (Fsp3) is 0.625. The number of carbonyl (C=O) groups is 2. The van der Waals surface area contributed by atoms with Crippen LogP contribution in [-0.2, 0) is 20.7 Å². The van der Waals surface area contributed by atoms with Gasteiger partial charge in [-0.05, 0) is 37.8 Å². The highest BCUT2D eigenvalue weighted by Gasteiger charge is 2.41. The molecule has 0 fully saturated rings. The molecule has 116 valence electrons. The summed E-state index contributed by atoms with van der Waals surface area (Å²) in [4.78, 5) is 26.6. The summed E-state index contributed by atoms with van der Waals surface area (Å²) in [5.41, 5.74) is 3.11. The maximum absolute atomic E-state index is 12.0. The Morgan fingerprint density at radius 1 is 1.38 bits per heavy atom. The molecule has 5 heteroatoms. The molecule has 1 atom stereocenters. The molecular weight excluding hydrogens is 270 g/mol. The number of esters is 2. The van der Waals surface area contributed by atoms with Gasteiger partial charge in [0.1, 0.15) is 11.8 Å². The largest absolute Gasteiger partial charge is 0.461 e. The molecule has 1 aliphatic carbocycles. The number of rotatable bonds is 3. The van der Waals surface area contributed by atoms with E-state index in [-0.39, 0.29) is 23.5 Å². The smallest absolute Gasteiger partial charge is 0.355 e. The molecule has 0 bridgehead atoms. The maximum Gasteiger partial charge on any atom is 0.355 e. The average molecular weight is 293 g/mol. The minimum atomic E-state index is -0.361. The van der Waals surface area contributed by atoms with E-state index in [9.17, 15) is 9.59 Å². The lowest BCUT2D eigenvalue weighted by Crippen LogP contribution is -2.31. The van der Waals surface area contributed by atoms with Crippen molar-refractivity contribution < 1.29 is 19.1 Å². The predicted octanol–water partition coefficient (Wildman–Crippen LogP) is 3.08. The normalized spacial score (nSPS) is 19.8. The fourth-order valence-corrected chi connectivity index (χ4v) is 2.96. The van der Waals surface area contributed by atoms with Crippen molar-refractivity contribution >= 4 is 11.9 Å². The molecular formula is C16H23NO4. The Morgan fingerprint density at radius 2 is 2.05 bits per heavy atom. The number of ether oxygens (including phenoxy) is 2. The maximum atomic E-state index is 12.0. The van der Waals surface area contributed by atoms with Crippen molar-refractivity contribution in [2.45, 2.75) is 53.6 Å². The molecule has 0 amide bonds. The van der Waals surface area contributed by atoms with Crippen LogP contribution in [0.3, 0.4) is 0 Å². The lowest BCUT2D eigenvalue weighted by Gasteiger charge is -2.37. The van der Waals surface area contributed by atoms with Crippen molar-refractivity contribution in [3.63, 3.8) is 0 Å². The highest BCUT2D eigenvalue weighted by atomic mass is 16.5. The van der Waals surface area contributed by atoms with E-state index in [1.165, 1.54) is 6.92 Å². The number of aromatic amines is 1. The van der Waals surface area contributed by atoms with Crippen LogP contribution in [0.15, 0.2) is 0 Å². The number of nitrogens with one attached hydrogen (secondary N) is 1. The molecule has 1 unspecified atom stereocenters. The van der Waals surface area contributed by atoms with Gasteiger partial charge in [-0.1, -0.05) is 13.8 Å². The van der Waals surface area contributed by atoms with Crippen molar-refractivity contribution in [1.82, 2.24) is 4.98 Å². The first-order chi connectivity index (χ1) is 9.77. The quantitative estimate of drug-likeness (QED) is 0.870. The van der Waals surface area contributed by atoms with Crippen molar-refractivity contribution in [2.75, 3.05) is 6.61 Å². The Hall–Kier alpha value is -1.78. The van der Waals surface area contributed by atoms with Gasteiger partial charge < -0.3 is 14.5 Å². The second-order valence-corrected chi connectivity index (χ2v) is 6.22. The number of H-pyrrole nitrogens is 1. The van der Waals surface area contributed by atoms with Crippen molar-refractivity contribution in [1.29, 1.82) is 0 Å². The third-order valence-corrected chi connectivity index (χ3v) is 4.17. The second-order valence-electron chi connectivity index (χ2n) is 6.22. The zero-order chi connectivity index (χ0) is 15.8. The summed E-state index contributed by atoms with van der Waals surface area (Å²) in [6.07, 6.45) is 1.40. The topological polar surface area (TPSA) is 68.4 Å². The summed E-state index contributed by atoms with van der Waals surface area (Å²) in [6, 6.07) is 0. The molecule has 1 aromatic heterocycles. The molecule has 1 N–H and O–H groups in total. The van der Waals surface area contributed by atoms with Crippen LogP contribution in [0, 0.1) is 12.3 Å². The number of hydrogen-bond acceptors (Lipinski definition) is 4. The average Bonchev–Trinajstić information content (AvgIpc) is 2.70. The Morgan fingerprint density at radius 3 is 2.62 bits per heavy atom. The van der Waals surface area contributed by atoms with Gasteiger partial charge in [-0.3, -0.25) is 4.79 Å². The van der Waals surface area contributed by atoms with Gasteiger partial charge in [0.2, 0.25) is 0 Å². The zero-order valence-corrected chi connectivity index (χ0v) is 13.3. The summed E-state index contributed by atoms with van der Waals surface area (Å²) in [5, 5.41) is 0. The molecule has 1 aliphatic rings. The molecule has 1 aromatic rings. The first-order valence-corrected chi connectivity index (χ1v) is 7.33. The standard InChI is InChI=1S/C16H23NO4/c1-6-20-15(19)12-9(2)11-7-8-16(4,5)14(13(11)17-12)21-10(3)18/h14,17H,6-8H2,1-5H3. The van der Waals surface area contributed by atoms with Crippen LogP contribution in [0.25, 0.3) is 0 Å². The van der Waals surface area contributed by atoms with Crippen LogP contribution in [0.4, 0.5) is 0 Å². The summed E-state index contributed by atoms with van der Waals surface area (Å²) < 4.78 is 10.6. The van der Waals surface area contributed by atoms with Crippen molar-refractivity contribution in [2.24, 2.45) is 5.41 Å². The molecule has 2 rings (SSSR count). The van der Waals surface area contributed by atoms with E-state index in [4.69, 9.17) is 9.47 Å². The number of hydrogen-bond donors (Lipinski definition) is 1. The first-order valence-electron chi connectivity index (χ1n) is 7.33. The van der Waals surface area contributed by atoms with Crippen molar-refractivity contribution in [3.05, 3.63) is 22.5 Å². The third kappa shape index (κ3) is 2.82. The molecule has 0 aliphatic heterocycles. The SMILES string of the molecule is CCOC(=O)c1[nH]c2c(c1C)CCC(C)(C)C2OC(C)=O. The van der Waals surface area contributed by atoms with Crippen LogP contribution in [0.5, 0.6) is 0 Å². The molecule has 0 spiro atoms. The summed E-state index contributed by atoms with van der Waals surface area (Å²) in [6.45, 7) is 9.58. The lowest BCUT2D eigenvalue weighted by atomic mass is 9.74. The summed E-state index contributed by atoms with van der Waals surface area (Å²) in [5.74, 6) is -0.672. The molecule has 21 heavy (non-hydrogen) atoms. The van der Waals surface area contributed by atoms with Gasteiger partial charge in [-0.25, -0.2) is 4.79 Å². The molecule has 0 aromatic carbocycles. The Labute approximate surface area is 125 Å². The number of carbonyl (C=O) groups excluding carboxylic acids is 2. The van der Waals surface area contributed by atoms with E-state index in [2.05, 4.69) is 18.8 Å². The highest BCUT2D eigenvalue weighted by molar-refractivity contribution is 5.90. The van der Waals surface area contributed by atoms with Gasteiger partial charge in [0.25, 0.3) is 0 Å². The molecule has 0 saturated heterocycles. The van der Waals surface area contributed by atoms with E-state index in [1.54, 1.807) is 6.92 Å². The van der Waals surface area contributed by atoms with Crippen LogP contribution in [0.2, 0.25) is 0 Å². The van der Waals surface area contributed by atoms with E-state index in [0.717, 1.165) is 29.7 Å². The van der Waals surface area contributed by atoms with E-state index in [1.807, 2.05) is 6.92 Å². The summed E-state index contributed by atoms with van der Waals surface area (Å²) in [7, 11) is 0. The van der Waals surface area contributed by atoms with Crippen LogP contribution < -0.4 is 0 Å². The second kappa shape index (κ2) is 5.54. The molecule has 0 saturated carbocycles. The highest BCUT2D eigenvalue weighted by Crippen LogP contribution is 2.46. The minimum Gasteiger partial charge on any atom is -0.461 e. The van der Waals surface area contributed by atoms with Gasteiger partial charge >= 0.3 is 11.9 Å². The van der Waals surface area contributed by atoms with Gasteiger partial charge in [0, 0.05) is 12.3 Å². The minimum absolute atomic E-state index is 0.165. The van der Waals surface area contributed by atoms with Crippen molar-refractivity contribution in [3.8, 4) is 0 Å². The van der Waals surface area contributed by atoms with E-state index in [0.29, 0.717) is 12.3 Å². The van der Waals surface area contributed by atoms with Crippen LogP contribution in [0.1, 0.15) is 67.5 Å². The number of aromatic nitrogens is 1. The third-order valence-electron chi connectivity index (χ3n) is 4.17. The fourth-order valence-electron chi connectivity index (χ4n) is 2.96. The molecule has 0 radical (unpaired) electrons. The van der Waals surface area contributed by atoms with Gasteiger partial charge in [-0.2, -0.15) is 0 Å². The van der Waals surface area contributed by atoms with Gasteiger partial charge in [0.05, 0.1) is 12.3 Å². The van der Waals surface area contributed by atoms with Crippen LogP contribution in [-0.4, -0.2) is 23.5 Å². The summed E-state index contributed by atoms with van der Waals surface area (Å²) >= 11 is 0. The zero-order valence-electron chi connectivity index (χ0n) is 13.3. The van der Waals surface area contributed by atoms with Gasteiger partial charge in [0.15, 0.2) is 0 Å². The lowest BCUT2D eigenvalue weighted by molar-refractivity contribution is -0.154.